The molecule has 1 aliphatic heterocycles. The van der Waals surface area contributed by atoms with Crippen LogP contribution >= 0.6 is 11.6 Å². The van der Waals surface area contributed by atoms with Crippen LogP contribution in [0.4, 0.5) is 11.4 Å². The molecule has 1 amide bonds. The summed E-state index contributed by atoms with van der Waals surface area (Å²) < 4.78 is 5.73. The van der Waals surface area contributed by atoms with Gasteiger partial charge in [-0.25, -0.2) is 0 Å². The van der Waals surface area contributed by atoms with Gasteiger partial charge in [-0.15, -0.1) is 0 Å². The molecule has 0 unspecified atom stereocenters. The van der Waals surface area contributed by atoms with Crippen LogP contribution in [0.25, 0.3) is 0 Å². The number of likely N-dealkylation sites (N-methyl/N-ethyl adjacent to an activating group) is 1. The molecule has 0 aliphatic carbocycles. The molecule has 0 spiro atoms. The highest BCUT2D eigenvalue weighted by atomic mass is 35.5. The molecule has 156 valence electrons. The predicted octanol–water partition coefficient (Wildman–Crippen LogP) is 4.91. The molecule has 0 radical (unpaired) electrons. The second-order valence-corrected chi connectivity index (χ2v) is 7.65. The van der Waals surface area contributed by atoms with E-state index in [0.717, 1.165) is 56.9 Å². The Bertz CT molecular complexity index is 820. The number of nitrogens with zero attached hydrogens (tertiary/aromatic N) is 2. The second kappa shape index (κ2) is 10.5. The van der Waals surface area contributed by atoms with Crippen LogP contribution < -0.4 is 15.0 Å². The number of unbranched alkanes of at least 4 members (excludes halogenated alkanes) is 1. The lowest BCUT2D eigenvalue weighted by Gasteiger charge is -2.36. The van der Waals surface area contributed by atoms with E-state index in [1.807, 2.05) is 30.3 Å². The quantitative estimate of drug-likeness (QED) is 0.622. The zero-order valence-electron chi connectivity index (χ0n) is 17.3. The summed E-state index contributed by atoms with van der Waals surface area (Å²) in [4.78, 5) is 17.6. The van der Waals surface area contributed by atoms with Crippen LogP contribution in [0.3, 0.4) is 0 Å². The third-order valence-corrected chi connectivity index (χ3v) is 5.54. The van der Waals surface area contributed by atoms with Crippen molar-refractivity contribution in [3.05, 3.63) is 53.1 Å². The van der Waals surface area contributed by atoms with E-state index >= 15 is 0 Å². The summed E-state index contributed by atoms with van der Waals surface area (Å²) in [6.07, 6.45) is 2.07. The summed E-state index contributed by atoms with van der Waals surface area (Å²) in [5.41, 5.74) is 2.21. The number of para-hydroxylation sites is 1. The maximum absolute atomic E-state index is 12.9. The van der Waals surface area contributed by atoms with Crippen molar-refractivity contribution < 1.29 is 9.53 Å². The van der Waals surface area contributed by atoms with Crippen molar-refractivity contribution in [1.82, 2.24) is 4.90 Å². The second-order valence-electron chi connectivity index (χ2n) is 7.24. The molecule has 1 fully saturated rings. The molecule has 0 aromatic heterocycles. The summed E-state index contributed by atoms with van der Waals surface area (Å²) in [5, 5.41) is 3.71. The maximum Gasteiger partial charge on any atom is 0.255 e. The Balaban J connectivity index is 1.74. The number of amides is 1. The van der Waals surface area contributed by atoms with Gasteiger partial charge in [0.1, 0.15) is 5.75 Å². The minimum absolute atomic E-state index is 0.165. The predicted molar refractivity (Wildman–Crippen MR) is 121 cm³/mol. The van der Waals surface area contributed by atoms with E-state index in [2.05, 4.69) is 29.0 Å². The number of hydrogen-bond acceptors (Lipinski definition) is 4. The highest BCUT2D eigenvalue weighted by molar-refractivity contribution is 6.34. The topological polar surface area (TPSA) is 44.8 Å². The van der Waals surface area contributed by atoms with Gasteiger partial charge in [-0.05, 0) is 43.3 Å². The van der Waals surface area contributed by atoms with Gasteiger partial charge in [-0.2, -0.15) is 0 Å². The summed E-state index contributed by atoms with van der Waals surface area (Å²) in [6.45, 7) is 9.77. The van der Waals surface area contributed by atoms with E-state index < -0.39 is 0 Å². The molecule has 5 nitrogen and oxygen atoms in total. The molecule has 0 saturated carbocycles. The Labute approximate surface area is 178 Å². The number of hydrogen-bond donors (Lipinski definition) is 1. The molecule has 0 atom stereocenters. The largest absolute Gasteiger partial charge is 0.494 e. The fourth-order valence-electron chi connectivity index (χ4n) is 3.48. The third-order valence-electron chi connectivity index (χ3n) is 5.23. The average Bonchev–Trinajstić information content (AvgIpc) is 2.74. The average molecular weight is 416 g/mol. The van der Waals surface area contributed by atoms with Crippen molar-refractivity contribution in [2.24, 2.45) is 0 Å². The van der Waals surface area contributed by atoms with Gasteiger partial charge in [0, 0.05) is 31.7 Å². The van der Waals surface area contributed by atoms with Crippen molar-refractivity contribution >= 4 is 28.9 Å². The Hall–Kier alpha value is -2.24. The zero-order chi connectivity index (χ0) is 20.6. The van der Waals surface area contributed by atoms with Crippen LogP contribution in [0, 0.1) is 0 Å². The molecule has 0 bridgehead atoms. The number of anilines is 2. The van der Waals surface area contributed by atoms with Gasteiger partial charge in [0.05, 0.1) is 23.0 Å². The maximum atomic E-state index is 12.9. The number of piperazine rings is 1. The van der Waals surface area contributed by atoms with E-state index in [4.69, 9.17) is 16.3 Å². The van der Waals surface area contributed by atoms with Crippen molar-refractivity contribution in [2.45, 2.75) is 26.7 Å². The van der Waals surface area contributed by atoms with Crippen molar-refractivity contribution in [3.8, 4) is 5.75 Å². The number of carbonyl (C=O) groups is 1. The molecule has 1 aliphatic rings. The van der Waals surface area contributed by atoms with Gasteiger partial charge in [0.25, 0.3) is 5.91 Å². The van der Waals surface area contributed by atoms with Gasteiger partial charge < -0.3 is 19.9 Å². The lowest BCUT2D eigenvalue weighted by molar-refractivity contribution is 0.102. The number of ether oxygens (including phenoxy) is 1. The monoisotopic (exact) mass is 415 g/mol. The minimum atomic E-state index is -0.165. The molecule has 1 saturated heterocycles. The first-order chi connectivity index (χ1) is 14.1. The highest BCUT2D eigenvalue weighted by Crippen LogP contribution is 2.35. The molecule has 6 heteroatoms. The van der Waals surface area contributed by atoms with Crippen LogP contribution in [0.1, 0.15) is 37.0 Å². The first-order valence-electron chi connectivity index (χ1n) is 10.4. The highest BCUT2D eigenvalue weighted by Gasteiger charge is 2.21. The SMILES string of the molecule is CCCCOc1cccc(C(=O)Nc2cccc(Cl)c2N2CCN(CC)CC2)c1. The number of nitrogens with one attached hydrogen (secondary N) is 1. The van der Waals surface area contributed by atoms with Crippen LogP contribution in [0.15, 0.2) is 42.5 Å². The van der Waals surface area contributed by atoms with Crippen molar-refractivity contribution in [2.75, 3.05) is 49.5 Å². The van der Waals surface area contributed by atoms with E-state index in [1.165, 1.54) is 0 Å². The smallest absolute Gasteiger partial charge is 0.255 e. The lowest BCUT2D eigenvalue weighted by atomic mass is 10.1. The van der Waals surface area contributed by atoms with Gasteiger partial charge in [-0.3, -0.25) is 4.79 Å². The number of benzene rings is 2. The van der Waals surface area contributed by atoms with Crippen LogP contribution in [0.5, 0.6) is 5.75 Å². The van der Waals surface area contributed by atoms with Crippen molar-refractivity contribution in [3.63, 3.8) is 0 Å². The Morgan fingerprint density at radius 2 is 1.86 bits per heavy atom. The Kier molecular flexibility index (Phi) is 7.78. The van der Waals surface area contributed by atoms with Crippen molar-refractivity contribution in [1.29, 1.82) is 0 Å². The van der Waals surface area contributed by atoms with Gasteiger partial charge in [0.15, 0.2) is 0 Å². The molecular formula is C23H30ClN3O2. The molecule has 3 rings (SSSR count). The fourth-order valence-corrected chi connectivity index (χ4v) is 3.78. The van der Waals surface area contributed by atoms with Gasteiger partial charge in [0.2, 0.25) is 0 Å². The Morgan fingerprint density at radius 1 is 1.10 bits per heavy atom. The fraction of sp³-hybridized carbons (Fsp3) is 0.435. The van der Waals surface area contributed by atoms with Gasteiger partial charge >= 0.3 is 0 Å². The molecule has 29 heavy (non-hydrogen) atoms. The normalized spacial score (nSPS) is 14.7. The molecular weight excluding hydrogens is 386 g/mol. The number of rotatable bonds is 8. The summed E-state index contributed by atoms with van der Waals surface area (Å²) in [7, 11) is 0. The lowest BCUT2D eigenvalue weighted by Crippen LogP contribution is -2.46. The first kappa shape index (κ1) is 21.5. The molecule has 2 aromatic carbocycles. The van der Waals surface area contributed by atoms with E-state index in [1.54, 1.807) is 12.1 Å². The third kappa shape index (κ3) is 5.64. The molecule has 1 N–H and O–H groups in total. The van der Waals surface area contributed by atoms with Crippen LogP contribution in [0.2, 0.25) is 5.02 Å². The first-order valence-corrected chi connectivity index (χ1v) is 10.8. The van der Waals surface area contributed by atoms with E-state index in [9.17, 15) is 4.79 Å². The standard InChI is InChI=1S/C23H30ClN3O2/c1-3-5-16-29-19-9-6-8-18(17-19)23(28)25-21-11-7-10-20(24)22(21)27-14-12-26(4-2)13-15-27/h6-11,17H,3-5,12-16H2,1-2H3,(H,25,28). The van der Waals surface area contributed by atoms with Gasteiger partial charge in [-0.1, -0.05) is 44.0 Å². The van der Waals surface area contributed by atoms with E-state index in [0.29, 0.717) is 22.9 Å². The zero-order valence-corrected chi connectivity index (χ0v) is 18.0. The summed E-state index contributed by atoms with van der Waals surface area (Å²) in [5.74, 6) is 0.551. The summed E-state index contributed by atoms with van der Waals surface area (Å²) >= 11 is 6.53. The Morgan fingerprint density at radius 3 is 2.59 bits per heavy atom. The number of carbonyl (C=O) groups excluding carboxylic acids is 1. The van der Waals surface area contributed by atoms with Crippen LogP contribution in [-0.4, -0.2) is 50.1 Å². The molecule has 2 aromatic rings. The van der Waals surface area contributed by atoms with Crippen LogP contribution in [-0.2, 0) is 0 Å². The number of halogens is 1. The summed E-state index contributed by atoms with van der Waals surface area (Å²) in [6, 6.07) is 13.0. The molecule has 1 heterocycles. The minimum Gasteiger partial charge on any atom is -0.494 e. The van der Waals surface area contributed by atoms with E-state index in [-0.39, 0.29) is 5.91 Å².